The fourth-order valence-corrected chi connectivity index (χ4v) is 0.0845. The van der Waals surface area contributed by atoms with Crippen LogP contribution in [0.25, 0.3) is 0 Å². The molecule has 31 valence electrons. The van der Waals surface area contributed by atoms with Crippen molar-refractivity contribution in [1.29, 1.82) is 0 Å². The summed E-state index contributed by atoms with van der Waals surface area (Å²) >= 11 is 0. The van der Waals surface area contributed by atoms with E-state index in [0.717, 1.165) is 6.42 Å². The first kappa shape index (κ1) is 4.89. The molecule has 0 atom stereocenters. The van der Waals surface area contributed by atoms with E-state index < -0.39 is 0 Å². The second-order valence-electron chi connectivity index (χ2n) is 0.843. The van der Waals surface area contributed by atoms with Gasteiger partial charge in [-0.2, -0.15) is 0 Å². The molecule has 0 N–H and O–H groups in total. The van der Waals surface area contributed by atoms with Crippen molar-refractivity contribution >= 4 is 0 Å². The molecule has 2 heteroatoms. The Morgan fingerprint density at radius 1 is 1.80 bits per heavy atom. The monoisotopic (exact) mass is 76.1 g/mol. The van der Waals surface area contributed by atoms with E-state index >= 15 is 0 Å². The van der Waals surface area contributed by atoms with Crippen LogP contribution >= 0.6 is 0 Å². The highest BCUT2D eigenvalue weighted by molar-refractivity contribution is 4.21. The van der Waals surface area contributed by atoms with E-state index in [4.69, 9.17) is 0 Å². The predicted molar refractivity (Wildman–Crippen MR) is 18.4 cm³/mol. The Morgan fingerprint density at radius 2 is 2.40 bits per heavy atom. The minimum absolute atomic E-state index is 0.347. The van der Waals surface area contributed by atoms with E-state index in [-0.39, 0.29) is 0 Å². The van der Waals surface area contributed by atoms with Gasteiger partial charge in [0, 0.05) is 6.54 Å². The second kappa shape index (κ2) is 3.89. The fourth-order valence-electron chi connectivity index (χ4n) is 0.0845. The highest BCUT2D eigenvalue weighted by Gasteiger charge is 1.71. The quantitative estimate of drug-likeness (QED) is 0.463. The molecule has 0 aliphatic rings. The van der Waals surface area contributed by atoms with Gasteiger partial charge in [-0.1, -0.05) is 6.92 Å². The molecule has 1 radical (unpaired) electrons. The van der Waals surface area contributed by atoms with Crippen molar-refractivity contribution in [3.05, 3.63) is 0 Å². The van der Waals surface area contributed by atoms with Crippen LogP contribution in [0, 0.1) is 0 Å². The van der Waals surface area contributed by atoms with Gasteiger partial charge in [0.25, 0.3) is 0 Å². The molecule has 0 heterocycles. The first-order valence-corrected chi connectivity index (χ1v) is 1.69. The highest BCUT2D eigenvalue weighted by Crippen LogP contribution is 1.68. The molecular formula is C3H7FN. The summed E-state index contributed by atoms with van der Waals surface area (Å²) in [5, 5.41) is 0. The molecule has 0 bridgehead atoms. The number of nitrogens with zero attached hydrogens (tertiary/aromatic N) is 1. The molecule has 1 nitrogen and oxygen atoms in total. The van der Waals surface area contributed by atoms with E-state index in [0.29, 0.717) is 6.54 Å². The molecule has 0 fully saturated rings. The normalized spacial score (nSPS) is 8.40. The summed E-state index contributed by atoms with van der Waals surface area (Å²) in [6.45, 7) is 2.23. The first-order valence-electron chi connectivity index (χ1n) is 1.69. The van der Waals surface area contributed by atoms with Crippen LogP contribution in [0.2, 0.25) is 0 Å². The Labute approximate surface area is 31.1 Å². The number of rotatable bonds is 2. The Bertz CT molecular complexity index is 14.4. The zero-order valence-corrected chi connectivity index (χ0v) is 3.24. The third kappa shape index (κ3) is 3.89. The lowest BCUT2D eigenvalue weighted by atomic mass is 10.5. The largest absolute Gasteiger partial charge is 0.115 e. The summed E-state index contributed by atoms with van der Waals surface area (Å²) < 4.78 is 10.6. The Balaban J connectivity index is 2.19. The molecule has 0 aliphatic heterocycles. The van der Waals surface area contributed by atoms with E-state index in [1.807, 2.05) is 6.92 Å². The van der Waals surface area contributed by atoms with Gasteiger partial charge in [0.05, 0.1) is 0 Å². The molecular weight excluding hydrogens is 69.0 g/mol. The lowest BCUT2D eigenvalue weighted by molar-refractivity contribution is 0.322. The van der Waals surface area contributed by atoms with Gasteiger partial charge in [0.2, 0.25) is 0 Å². The summed E-state index contributed by atoms with van der Waals surface area (Å²) in [7, 11) is 0. The molecule has 0 aromatic rings. The Morgan fingerprint density at radius 3 is 2.40 bits per heavy atom. The van der Waals surface area contributed by atoms with Gasteiger partial charge in [0.15, 0.2) is 0 Å². The van der Waals surface area contributed by atoms with Crippen LogP contribution in [0.4, 0.5) is 4.48 Å². The van der Waals surface area contributed by atoms with Crippen LogP contribution in [0.1, 0.15) is 13.3 Å². The van der Waals surface area contributed by atoms with Crippen LogP contribution in [0.5, 0.6) is 0 Å². The van der Waals surface area contributed by atoms with Crippen LogP contribution in [-0.4, -0.2) is 6.54 Å². The van der Waals surface area contributed by atoms with Gasteiger partial charge in [-0.3, -0.25) is 0 Å². The SMILES string of the molecule is CCC[N]F. The minimum Gasteiger partial charge on any atom is -0.115 e. The summed E-state index contributed by atoms with van der Waals surface area (Å²) in [5.41, 5.74) is 2.35. The van der Waals surface area contributed by atoms with Crippen LogP contribution < -0.4 is 5.54 Å². The molecule has 5 heavy (non-hydrogen) atoms. The van der Waals surface area contributed by atoms with Gasteiger partial charge in [-0.05, 0) is 12.0 Å². The molecule has 0 unspecified atom stereocenters. The average molecular weight is 76.1 g/mol. The van der Waals surface area contributed by atoms with Crippen molar-refractivity contribution < 1.29 is 4.48 Å². The molecule has 0 aromatic heterocycles. The lowest BCUT2D eigenvalue weighted by Gasteiger charge is -1.75. The van der Waals surface area contributed by atoms with Crippen molar-refractivity contribution in [3.8, 4) is 0 Å². The number of hydrogen-bond donors (Lipinski definition) is 0. The minimum atomic E-state index is 0.347. The summed E-state index contributed by atoms with van der Waals surface area (Å²) in [6.07, 6.45) is 0.802. The van der Waals surface area contributed by atoms with Crippen molar-refractivity contribution in [2.75, 3.05) is 6.54 Å². The van der Waals surface area contributed by atoms with Gasteiger partial charge in [-0.25, -0.2) is 0 Å². The van der Waals surface area contributed by atoms with Crippen molar-refractivity contribution in [2.24, 2.45) is 0 Å². The maximum absolute atomic E-state index is 10.6. The number of hydrogen-bond acceptors (Lipinski definition) is 0. The topological polar surface area (TPSA) is 14.1 Å². The Kier molecular flexibility index (Phi) is 3.80. The molecule has 0 amide bonds. The first-order chi connectivity index (χ1) is 2.41. The molecule has 0 saturated heterocycles. The van der Waals surface area contributed by atoms with E-state index in [9.17, 15) is 4.48 Å². The summed E-state index contributed by atoms with van der Waals surface area (Å²) in [5.74, 6) is 0. The zero-order valence-electron chi connectivity index (χ0n) is 3.24. The third-order valence-corrected chi connectivity index (χ3v) is 0.308. The summed E-state index contributed by atoms with van der Waals surface area (Å²) in [4.78, 5) is 0. The van der Waals surface area contributed by atoms with Crippen LogP contribution in [0.15, 0.2) is 0 Å². The second-order valence-corrected chi connectivity index (χ2v) is 0.843. The van der Waals surface area contributed by atoms with Gasteiger partial charge in [0.1, 0.15) is 0 Å². The molecule has 0 saturated carbocycles. The molecule has 0 spiro atoms. The van der Waals surface area contributed by atoms with Gasteiger partial charge in [-0.15, -0.1) is 4.48 Å². The standard InChI is InChI=1S/C3H7FN/c1-2-3-5-4/h2-3H2,1H3. The van der Waals surface area contributed by atoms with E-state index in [1.54, 1.807) is 0 Å². The predicted octanol–water partition coefficient (Wildman–Crippen LogP) is 0.885. The van der Waals surface area contributed by atoms with Crippen molar-refractivity contribution in [2.45, 2.75) is 13.3 Å². The highest BCUT2D eigenvalue weighted by atomic mass is 19.2. The van der Waals surface area contributed by atoms with Gasteiger partial charge < -0.3 is 0 Å². The zero-order chi connectivity index (χ0) is 4.12. The smallest absolute Gasteiger partial charge is 0.0478 e. The number of halogens is 1. The molecule has 0 aromatic carbocycles. The van der Waals surface area contributed by atoms with E-state index in [2.05, 4.69) is 5.54 Å². The van der Waals surface area contributed by atoms with Crippen LogP contribution in [0.3, 0.4) is 0 Å². The molecule has 0 rings (SSSR count). The maximum Gasteiger partial charge on any atom is 0.0478 e. The van der Waals surface area contributed by atoms with Gasteiger partial charge >= 0.3 is 0 Å². The van der Waals surface area contributed by atoms with Crippen LogP contribution in [-0.2, 0) is 0 Å². The van der Waals surface area contributed by atoms with Crippen molar-refractivity contribution in [3.63, 3.8) is 0 Å². The molecule has 0 aliphatic carbocycles. The fraction of sp³-hybridized carbons (Fsp3) is 1.00. The lowest BCUT2D eigenvalue weighted by Crippen LogP contribution is -1.88. The average Bonchev–Trinajstić information content (AvgIpc) is 1.41. The van der Waals surface area contributed by atoms with E-state index in [1.165, 1.54) is 0 Å². The maximum atomic E-state index is 10.6. The third-order valence-electron chi connectivity index (χ3n) is 0.308. The van der Waals surface area contributed by atoms with Crippen molar-refractivity contribution in [1.82, 2.24) is 5.54 Å². The Hall–Kier alpha value is -0.110. The summed E-state index contributed by atoms with van der Waals surface area (Å²) in [6, 6.07) is 0.